The first kappa shape index (κ1) is 17.6. The van der Waals surface area contributed by atoms with Crippen molar-refractivity contribution in [2.45, 2.75) is 31.2 Å². The van der Waals surface area contributed by atoms with Crippen molar-refractivity contribution in [3.8, 4) is 5.88 Å². The molecule has 0 radical (unpaired) electrons. The standard InChI is InChI=1S/C17H18FN5O4/c18-12-13(25)10(6-24)27-17(12)23-15-11(14(19)20-8-21-15)16(22-23)26-7-9-4-2-1-3-5-9/h1-5,8,10,12-13,17,24-25H,6-7H2,(H2,19,20,21)/t10-,12?,13-,17-/m1/s1. The zero-order chi connectivity index (χ0) is 19.0. The van der Waals surface area contributed by atoms with E-state index in [0.717, 1.165) is 10.2 Å². The van der Waals surface area contributed by atoms with Gasteiger partial charge in [-0.15, -0.1) is 5.10 Å². The Hall–Kier alpha value is -2.82. The van der Waals surface area contributed by atoms with Gasteiger partial charge in [0.2, 0.25) is 5.88 Å². The molecule has 1 unspecified atom stereocenters. The number of nitrogen functional groups attached to an aromatic ring is 1. The van der Waals surface area contributed by atoms with Crippen LogP contribution in [0.15, 0.2) is 36.7 Å². The van der Waals surface area contributed by atoms with Crippen LogP contribution in [0.5, 0.6) is 5.88 Å². The number of benzene rings is 1. The number of aromatic nitrogens is 4. The molecule has 0 amide bonds. The number of anilines is 1. The summed E-state index contributed by atoms with van der Waals surface area (Å²) in [6.45, 7) is -0.306. The van der Waals surface area contributed by atoms with Crippen molar-refractivity contribution in [2.75, 3.05) is 12.3 Å². The molecule has 4 N–H and O–H groups in total. The highest BCUT2D eigenvalue weighted by molar-refractivity contribution is 5.90. The van der Waals surface area contributed by atoms with Gasteiger partial charge in [0.05, 0.1) is 6.61 Å². The zero-order valence-corrected chi connectivity index (χ0v) is 14.1. The Labute approximate surface area is 153 Å². The van der Waals surface area contributed by atoms with Crippen LogP contribution in [-0.2, 0) is 11.3 Å². The van der Waals surface area contributed by atoms with E-state index in [9.17, 15) is 14.6 Å². The monoisotopic (exact) mass is 375 g/mol. The Kier molecular flexibility index (Phi) is 4.60. The fourth-order valence-electron chi connectivity index (χ4n) is 3.02. The van der Waals surface area contributed by atoms with Gasteiger partial charge in [-0.1, -0.05) is 30.3 Å². The molecule has 4 atom stereocenters. The number of ether oxygens (including phenoxy) is 2. The van der Waals surface area contributed by atoms with Gasteiger partial charge in [-0.3, -0.25) is 0 Å². The molecule has 2 aromatic heterocycles. The minimum absolute atomic E-state index is 0.127. The van der Waals surface area contributed by atoms with E-state index in [1.807, 2.05) is 30.3 Å². The van der Waals surface area contributed by atoms with E-state index in [1.165, 1.54) is 6.33 Å². The lowest BCUT2D eigenvalue weighted by atomic mass is 10.1. The van der Waals surface area contributed by atoms with Gasteiger partial charge in [-0.25, -0.2) is 19.0 Å². The van der Waals surface area contributed by atoms with Gasteiger partial charge in [0, 0.05) is 0 Å². The molecule has 0 aliphatic carbocycles. The minimum atomic E-state index is -1.80. The van der Waals surface area contributed by atoms with Gasteiger partial charge < -0.3 is 25.4 Å². The van der Waals surface area contributed by atoms with Crippen molar-refractivity contribution in [1.29, 1.82) is 0 Å². The summed E-state index contributed by atoms with van der Waals surface area (Å²) >= 11 is 0. The molecule has 4 rings (SSSR count). The largest absolute Gasteiger partial charge is 0.471 e. The number of nitrogens with two attached hydrogens (primary N) is 1. The highest BCUT2D eigenvalue weighted by Gasteiger charge is 2.46. The fourth-order valence-corrected chi connectivity index (χ4v) is 3.02. The molecule has 10 heteroatoms. The van der Waals surface area contributed by atoms with Gasteiger partial charge in [-0.05, 0) is 5.56 Å². The maximum atomic E-state index is 14.5. The number of hydrogen-bond donors (Lipinski definition) is 3. The van der Waals surface area contributed by atoms with E-state index in [0.29, 0.717) is 5.39 Å². The lowest BCUT2D eigenvalue weighted by molar-refractivity contribution is -0.0509. The van der Waals surface area contributed by atoms with Gasteiger partial charge in [0.1, 0.15) is 36.3 Å². The van der Waals surface area contributed by atoms with Crippen LogP contribution >= 0.6 is 0 Å². The minimum Gasteiger partial charge on any atom is -0.471 e. The number of halogens is 1. The normalized spacial score (nSPS) is 25.1. The summed E-state index contributed by atoms with van der Waals surface area (Å²) in [5, 5.41) is 23.7. The Morgan fingerprint density at radius 1 is 1.26 bits per heavy atom. The van der Waals surface area contributed by atoms with Crippen molar-refractivity contribution in [1.82, 2.24) is 19.7 Å². The number of alkyl halides is 1. The lowest BCUT2D eigenvalue weighted by Gasteiger charge is -2.13. The predicted octanol–water partition coefficient (Wildman–Crippen LogP) is 0.576. The number of aliphatic hydroxyl groups is 2. The molecule has 1 aromatic carbocycles. The molecule has 1 aliphatic heterocycles. The molecular weight excluding hydrogens is 357 g/mol. The summed E-state index contributed by atoms with van der Waals surface area (Å²) in [4.78, 5) is 8.05. The molecule has 3 heterocycles. The summed E-state index contributed by atoms with van der Waals surface area (Å²) in [6.07, 6.45) is -4.39. The highest BCUT2D eigenvalue weighted by atomic mass is 19.1. The van der Waals surface area contributed by atoms with Crippen LogP contribution in [0.2, 0.25) is 0 Å². The molecule has 0 spiro atoms. The maximum absolute atomic E-state index is 14.5. The van der Waals surface area contributed by atoms with Crippen molar-refractivity contribution < 1.29 is 24.1 Å². The Morgan fingerprint density at radius 2 is 2.04 bits per heavy atom. The second kappa shape index (κ2) is 7.06. The average molecular weight is 375 g/mol. The first-order valence-electron chi connectivity index (χ1n) is 8.34. The molecule has 1 fully saturated rings. The first-order chi connectivity index (χ1) is 13.1. The number of fused-ring (bicyclic) bond motifs is 1. The third-order valence-corrected chi connectivity index (χ3v) is 4.42. The van der Waals surface area contributed by atoms with Crippen LogP contribution in [0.25, 0.3) is 11.0 Å². The molecule has 9 nitrogen and oxygen atoms in total. The van der Waals surface area contributed by atoms with Crippen molar-refractivity contribution in [3.63, 3.8) is 0 Å². The molecule has 142 valence electrons. The number of hydrogen-bond acceptors (Lipinski definition) is 8. The van der Waals surface area contributed by atoms with Gasteiger partial charge in [0.15, 0.2) is 18.0 Å². The Morgan fingerprint density at radius 3 is 2.74 bits per heavy atom. The maximum Gasteiger partial charge on any atom is 0.246 e. The SMILES string of the molecule is Nc1ncnc2c1c(OCc1ccccc1)nn2[C@@H]1O[C@H](CO)[C@@H](O)C1F. The van der Waals surface area contributed by atoms with E-state index < -0.39 is 31.2 Å². The van der Waals surface area contributed by atoms with Crippen LogP contribution in [0.1, 0.15) is 11.8 Å². The van der Waals surface area contributed by atoms with E-state index >= 15 is 0 Å². The molecule has 1 aliphatic rings. The van der Waals surface area contributed by atoms with Crippen molar-refractivity contribution >= 4 is 16.9 Å². The Balaban J connectivity index is 1.71. The Bertz CT molecular complexity index is 938. The molecular formula is C17H18FN5O4. The summed E-state index contributed by atoms with van der Waals surface area (Å²) < 4.78 is 26.9. The third kappa shape index (κ3) is 3.07. The number of rotatable bonds is 5. The molecule has 1 saturated heterocycles. The van der Waals surface area contributed by atoms with Crippen LogP contribution in [0, 0.1) is 0 Å². The van der Waals surface area contributed by atoms with Gasteiger partial charge in [0.25, 0.3) is 0 Å². The van der Waals surface area contributed by atoms with E-state index in [-0.39, 0.29) is 24.0 Å². The molecule has 27 heavy (non-hydrogen) atoms. The van der Waals surface area contributed by atoms with Crippen molar-refractivity contribution in [2.24, 2.45) is 0 Å². The average Bonchev–Trinajstić information content (AvgIpc) is 3.20. The van der Waals surface area contributed by atoms with Crippen molar-refractivity contribution in [3.05, 3.63) is 42.2 Å². The zero-order valence-electron chi connectivity index (χ0n) is 14.1. The molecule has 0 saturated carbocycles. The highest BCUT2D eigenvalue weighted by Crippen LogP contribution is 2.36. The molecule has 0 bridgehead atoms. The fraction of sp³-hybridized carbons (Fsp3) is 0.353. The second-order valence-corrected chi connectivity index (χ2v) is 6.16. The first-order valence-corrected chi connectivity index (χ1v) is 8.34. The topological polar surface area (TPSA) is 129 Å². The molecule has 3 aromatic rings. The van der Waals surface area contributed by atoms with E-state index in [4.69, 9.17) is 15.2 Å². The summed E-state index contributed by atoms with van der Waals surface area (Å²) in [5.74, 6) is 0.256. The summed E-state index contributed by atoms with van der Waals surface area (Å²) in [6, 6.07) is 9.42. The summed E-state index contributed by atoms with van der Waals surface area (Å²) in [5.41, 5.74) is 7.07. The van der Waals surface area contributed by atoms with E-state index in [1.54, 1.807) is 0 Å². The smallest absolute Gasteiger partial charge is 0.246 e. The quantitative estimate of drug-likeness (QED) is 0.591. The second-order valence-electron chi connectivity index (χ2n) is 6.16. The number of nitrogens with zero attached hydrogens (tertiary/aromatic N) is 4. The van der Waals surface area contributed by atoms with Gasteiger partial charge >= 0.3 is 0 Å². The van der Waals surface area contributed by atoms with Crippen LogP contribution < -0.4 is 10.5 Å². The van der Waals surface area contributed by atoms with Crippen LogP contribution in [0.4, 0.5) is 10.2 Å². The van der Waals surface area contributed by atoms with Crippen LogP contribution in [0.3, 0.4) is 0 Å². The van der Waals surface area contributed by atoms with E-state index in [2.05, 4.69) is 15.1 Å². The third-order valence-electron chi connectivity index (χ3n) is 4.42. The van der Waals surface area contributed by atoms with Crippen LogP contribution in [-0.4, -0.2) is 54.9 Å². The predicted molar refractivity (Wildman–Crippen MR) is 92.4 cm³/mol. The number of aliphatic hydroxyl groups excluding tert-OH is 2. The van der Waals surface area contributed by atoms with Gasteiger partial charge in [-0.2, -0.15) is 0 Å². The lowest BCUT2D eigenvalue weighted by Crippen LogP contribution is -2.30. The summed E-state index contributed by atoms with van der Waals surface area (Å²) in [7, 11) is 0.